The number of halogens is 1. The van der Waals surface area contributed by atoms with E-state index in [4.69, 9.17) is 16.6 Å². The fourth-order valence-electron chi connectivity index (χ4n) is 4.38. The number of nitrogens with one attached hydrogen (secondary N) is 1. The predicted octanol–water partition coefficient (Wildman–Crippen LogP) is 7.76. The van der Waals surface area contributed by atoms with Gasteiger partial charge in [0.25, 0.3) is 0 Å². The number of H-pyrrole nitrogens is 1. The van der Waals surface area contributed by atoms with Crippen molar-refractivity contribution >= 4 is 23.0 Å². The van der Waals surface area contributed by atoms with Crippen molar-refractivity contribution in [2.45, 2.75) is 27.7 Å². The Morgan fingerprint density at radius 1 is 0.618 bits per heavy atom. The van der Waals surface area contributed by atoms with Crippen LogP contribution in [0.25, 0.3) is 33.9 Å². The smallest absolute Gasteiger partial charge is 0.138 e. The first kappa shape index (κ1) is 23.9. The van der Waals surface area contributed by atoms with Crippen molar-refractivity contribution in [2.24, 2.45) is 0 Å². The second-order valence-corrected chi connectivity index (χ2v) is 8.69. The highest BCUT2D eigenvalue weighted by Gasteiger charge is 2.16. The third kappa shape index (κ3) is 4.97. The van der Waals surface area contributed by atoms with Gasteiger partial charge >= 0.3 is 0 Å². The summed E-state index contributed by atoms with van der Waals surface area (Å²) in [7, 11) is 0. The monoisotopic (exact) mass is 472 g/mol. The van der Waals surface area contributed by atoms with Gasteiger partial charge in [0.15, 0.2) is 0 Å². The van der Waals surface area contributed by atoms with Crippen LogP contribution in [0, 0.1) is 0 Å². The number of rotatable bonds is 9. The lowest BCUT2D eigenvalue weighted by molar-refractivity contribution is 0.866. The molecule has 0 spiro atoms. The number of anilines is 2. The van der Waals surface area contributed by atoms with Crippen LogP contribution in [0.1, 0.15) is 27.7 Å². The number of hydrogen-bond acceptors (Lipinski definition) is 3. The first-order valence-electron chi connectivity index (χ1n) is 12.1. The minimum Gasteiger partial charge on any atom is -0.372 e. The topological polar surface area (TPSA) is 35.2 Å². The van der Waals surface area contributed by atoms with Crippen molar-refractivity contribution in [1.29, 1.82) is 0 Å². The van der Waals surface area contributed by atoms with Crippen molar-refractivity contribution in [3.8, 4) is 33.9 Å². The maximum atomic E-state index is 6.12. The highest BCUT2D eigenvalue weighted by molar-refractivity contribution is 6.30. The van der Waals surface area contributed by atoms with Crippen molar-refractivity contribution < 1.29 is 0 Å². The van der Waals surface area contributed by atoms with Gasteiger partial charge in [0.2, 0.25) is 0 Å². The highest BCUT2D eigenvalue weighted by atomic mass is 35.5. The zero-order chi connectivity index (χ0) is 24.1. The van der Waals surface area contributed by atoms with E-state index in [2.05, 4.69) is 91.0 Å². The zero-order valence-corrected chi connectivity index (χ0v) is 21.2. The number of nitrogens with zero attached hydrogens (tertiary/aromatic N) is 3. The molecule has 34 heavy (non-hydrogen) atoms. The quantitative estimate of drug-likeness (QED) is 0.270. The van der Waals surface area contributed by atoms with Crippen LogP contribution in [-0.2, 0) is 0 Å². The van der Waals surface area contributed by atoms with E-state index in [1.165, 1.54) is 11.4 Å². The lowest BCUT2D eigenvalue weighted by Gasteiger charge is -2.21. The van der Waals surface area contributed by atoms with Crippen molar-refractivity contribution in [1.82, 2.24) is 9.97 Å². The fraction of sp³-hybridized carbons (Fsp3) is 0.276. The number of aromatic amines is 1. The van der Waals surface area contributed by atoms with E-state index in [0.29, 0.717) is 0 Å². The molecule has 0 amide bonds. The Morgan fingerprint density at radius 3 is 1.53 bits per heavy atom. The summed E-state index contributed by atoms with van der Waals surface area (Å²) in [6.45, 7) is 12.7. The van der Waals surface area contributed by atoms with Crippen molar-refractivity contribution in [3.05, 3.63) is 77.8 Å². The maximum absolute atomic E-state index is 6.12. The molecule has 0 aliphatic rings. The Labute approximate surface area is 208 Å². The molecule has 4 nitrogen and oxygen atoms in total. The van der Waals surface area contributed by atoms with Gasteiger partial charge in [-0.05, 0) is 76.2 Å². The summed E-state index contributed by atoms with van der Waals surface area (Å²) < 4.78 is 0. The summed E-state index contributed by atoms with van der Waals surface area (Å²) in [5, 5.41) is 0.717. The summed E-state index contributed by atoms with van der Waals surface area (Å²) in [5.74, 6) is 0.835. The van der Waals surface area contributed by atoms with Gasteiger partial charge in [-0.2, -0.15) is 0 Å². The average molecular weight is 473 g/mol. The Hall–Kier alpha value is -3.24. The van der Waals surface area contributed by atoms with Crippen LogP contribution in [0.15, 0.2) is 72.8 Å². The summed E-state index contributed by atoms with van der Waals surface area (Å²) >= 11 is 6.12. The molecule has 5 heteroatoms. The number of hydrogen-bond donors (Lipinski definition) is 1. The zero-order valence-electron chi connectivity index (χ0n) is 20.5. The standard InChI is InChI=1S/C29H33ClN4/c1-5-33(6-2)25-17-11-21(12-18-25)27-28(22-13-19-26(20-14-22)34(7-3)8-4)32-29(31-27)23-9-15-24(30)16-10-23/h9-20H,5-8H2,1-4H3,(H,31,32). The summed E-state index contributed by atoms with van der Waals surface area (Å²) in [6, 6.07) is 25.3. The van der Waals surface area contributed by atoms with E-state index in [1.807, 2.05) is 24.3 Å². The molecule has 176 valence electrons. The number of imidazole rings is 1. The average Bonchev–Trinajstić information content (AvgIpc) is 3.32. The lowest BCUT2D eigenvalue weighted by atomic mass is 10.0. The molecular weight excluding hydrogens is 440 g/mol. The van der Waals surface area contributed by atoms with Crippen LogP contribution in [0.3, 0.4) is 0 Å². The molecule has 0 aliphatic heterocycles. The molecule has 1 heterocycles. The Bertz CT molecular complexity index is 1110. The minimum atomic E-state index is 0.717. The second-order valence-electron chi connectivity index (χ2n) is 8.25. The van der Waals surface area contributed by atoms with Gasteiger partial charge in [-0.3, -0.25) is 0 Å². The Kier molecular flexibility index (Phi) is 7.59. The fourth-order valence-corrected chi connectivity index (χ4v) is 4.51. The third-order valence-corrected chi connectivity index (χ3v) is 6.63. The van der Waals surface area contributed by atoms with Gasteiger partial charge in [-0.15, -0.1) is 0 Å². The highest BCUT2D eigenvalue weighted by Crippen LogP contribution is 2.35. The normalized spacial score (nSPS) is 11.0. The van der Waals surface area contributed by atoms with Crippen molar-refractivity contribution in [3.63, 3.8) is 0 Å². The third-order valence-electron chi connectivity index (χ3n) is 6.38. The van der Waals surface area contributed by atoms with E-state index in [-0.39, 0.29) is 0 Å². The van der Waals surface area contributed by atoms with Crippen molar-refractivity contribution in [2.75, 3.05) is 36.0 Å². The van der Waals surface area contributed by atoms with Gasteiger partial charge in [0, 0.05) is 59.3 Å². The molecule has 0 saturated carbocycles. The maximum Gasteiger partial charge on any atom is 0.138 e. The first-order chi connectivity index (χ1) is 16.6. The van der Waals surface area contributed by atoms with E-state index in [1.54, 1.807) is 0 Å². The minimum absolute atomic E-state index is 0.717. The van der Waals surface area contributed by atoms with Crippen LogP contribution in [-0.4, -0.2) is 36.1 Å². The molecule has 0 fully saturated rings. The van der Waals surface area contributed by atoms with E-state index in [0.717, 1.165) is 65.1 Å². The summed E-state index contributed by atoms with van der Waals surface area (Å²) in [5.41, 5.74) is 7.65. The Morgan fingerprint density at radius 2 is 1.06 bits per heavy atom. The molecule has 0 atom stereocenters. The van der Waals surface area contributed by atoms with Gasteiger partial charge in [0.05, 0.1) is 11.4 Å². The lowest BCUT2D eigenvalue weighted by Crippen LogP contribution is -2.21. The molecule has 1 aromatic heterocycles. The first-order valence-corrected chi connectivity index (χ1v) is 12.5. The van der Waals surface area contributed by atoms with Gasteiger partial charge < -0.3 is 14.8 Å². The molecular formula is C29H33ClN4. The number of benzene rings is 3. The molecule has 0 aliphatic carbocycles. The molecule has 4 aromatic rings. The van der Waals surface area contributed by atoms with Crippen LogP contribution < -0.4 is 9.80 Å². The molecule has 3 aromatic carbocycles. The summed E-state index contributed by atoms with van der Waals surface area (Å²) in [6.07, 6.45) is 0. The second kappa shape index (κ2) is 10.8. The van der Waals surface area contributed by atoms with Crippen LogP contribution in [0.4, 0.5) is 11.4 Å². The molecule has 4 rings (SSSR count). The molecule has 0 saturated heterocycles. The van der Waals surface area contributed by atoms with Gasteiger partial charge in [0.1, 0.15) is 5.82 Å². The largest absolute Gasteiger partial charge is 0.372 e. The number of aromatic nitrogens is 2. The van der Waals surface area contributed by atoms with Gasteiger partial charge in [-0.25, -0.2) is 4.98 Å². The van der Waals surface area contributed by atoms with Crippen LogP contribution in [0.2, 0.25) is 5.02 Å². The molecule has 1 N–H and O–H groups in total. The van der Waals surface area contributed by atoms with E-state index >= 15 is 0 Å². The van der Waals surface area contributed by atoms with E-state index < -0.39 is 0 Å². The predicted molar refractivity (Wildman–Crippen MR) is 147 cm³/mol. The molecule has 0 radical (unpaired) electrons. The molecule has 0 bridgehead atoms. The summed E-state index contributed by atoms with van der Waals surface area (Å²) in [4.78, 5) is 13.3. The van der Waals surface area contributed by atoms with Gasteiger partial charge in [-0.1, -0.05) is 35.9 Å². The van der Waals surface area contributed by atoms with Crippen LogP contribution in [0.5, 0.6) is 0 Å². The molecule has 0 unspecified atom stereocenters. The Balaban J connectivity index is 1.78. The van der Waals surface area contributed by atoms with Crippen LogP contribution >= 0.6 is 11.6 Å². The SMILES string of the molecule is CCN(CC)c1ccc(-c2nc(-c3ccc(Cl)cc3)[nH]c2-c2ccc(N(CC)CC)cc2)cc1. The van der Waals surface area contributed by atoms with E-state index in [9.17, 15) is 0 Å².